The summed E-state index contributed by atoms with van der Waals surface area (Å²) in [4.78, 5) is 20.4. The van der Waals surface area contributed by atoms with Crippen LogP contribution in [0.15, 0.2) is 66.7 Å². The molecule has 0 fully saturated rings. The van der Waals surface area contributed by atoms with Crippen LogP contribution in [0.5, 0.6) is 0 Å². The molecule has 0 spiro atoms. The number of rotatable bonds is 3. The van der Waals surface area contributed by atoms with Gasteiger partial charge in [-0.05, 0) is 22.4 Å². The van der Waals surface area contributed by atoms with E-state index >= 15 is 0 Å². The van der Waals surface area contributed by atoms with Crippen molar-refractivity contribution in [1.29, 1.82) is 0 Å². The van der Waals surface area contributed by atoms with E-state index in [-0.39, 0.29) is 11.7 Å². The molecule has 122 valence electrons. The highest BCUT2D eigenvalue weighted by Crippen LogP contribution is 2.30. The Labute approximate surface area is 145 Å². The van der Waals surface area contributed by atoms with Gasteiger partial charge in [0.1, 0.15) is 0 Å². The van der Waals surface area contributed by atoms with Crippen molar-refractivity contribution in [2.45, 2.75) is 12.8 Å². The topological polar surface area (TPSA) is 68.9 Å². The maximum Gasteiger partial charge on any atom is 0.286 e. The van der Waals surface area contributed by atoms with Crippen LogP contribution in [-0.4, -0.2) is 15.9 Å². The molecule has 1 atom stereocenters. The van der Waals surface area contributed by atoms with Gasteiger partial charge in [-0.1, -0.05) is 67.6 Å². The zero-order valence-electron chi connectivity index (χ0n) is 13.8. The van der Waals surface area contributed by atoms with Crippen LogP contribution < -0.4 is 5.73 Å². The molecule has 0 saturated carbocycles. The zero-order valence-corrected chi connectivity index (χ0v) is 13.8. The van der Waals surface area contributed by atoms with Gasteiger partial charge < -0.3 is 5.73 Å². The first-order valence-corrected chi connectivity index (χ1v) is 8.18. The Morgan fingerprint density at radius 1 is 0.920 bits per heavy atom. The number of nitrogens with zero attached hydrogens (tertiary/aromatic N) is 2. The summed E-state index contributed by atoms with van der Waals surface area (Å²) in [6, 6.07) is 22.3. The first kappa shape index (κ1) is 15.3. The smallest absolute Gasteiger partial charge is 0.286 e. The van der Waals surface area contributed by atoms with E-state index in [9.17, 15) is 4.79 Å². The fraction of sp³-hybridized carbons (Fsp3) is 0.0952. The second-order valence-corrected chi connectivity index (χ2v) is 6.14. The number of carbonyl (C=O) groups is 1. The molecule has 4 heteroatoms. The molecule has 0 aliphatic carbocycles. The molecular weight excluding hydrogens is 310 g/mol. The highest BCUT2D eigenvalue weighted by molar-refractivity contribution is 5.92. The van der Waals surface area contributed by atoms with Gasteiger partial charge >= 0.3 is 0 Å². The highest BCUT2D eigenvalue weighted by Gasteiger charge is 2.18. The minimum absolute atomic E-state index is 0.00982. The summed E-state index contributed by atoms with van der Waals surface area (Å²) < 4.78 is 0. The molecule has 0 radical (unpaired) electrons. The predicted octanol–water partition coefficient (Wildman–Crippen LogP) is 4.03. The van der Waals surface area contributed by atoms with E-state index in [1.54, 1.807) is 0 Å². The van der Waals surface area contributed by atoms with Gasteiger partial charge in [-0.15, -0.1) is 0 Å². The summed E-state index contributed by atoms with van der Waals surface area (Å²) in [6.07, 6.45) is 0. The van der Waals surface area contributed by atoms with Crippen molar-refractivity contribution in [2.24, 2.45) is 5.73 Å². The summed E-state index contributed by atoms with van der Waals surface area (Å²) in [7, 11) is 0. The number of fused-ring (bicyclic) bond motifs is 2. The van der Waals surface area contributed by atoms with Crippen molar-refractivity contribution in [1.82, 2.24) is 9.97 Å². The third-order valence-electron chi connectivity index (χ3n) is 4.54. The van der Waals surface area contributed by atoms with E-state index in [0.717, 1.165) is 22.2 Å². The summed E-state index contributed by atoms with van der Waals surface area (Å²) in [6.45, 7) is 2.09. The minimum Gasteiger partial charge on any atom is -0.363 e. The first-order chi connectivity index (χ1) is 12.1. The lowest BCUT2D eigenvalue weighted by Crippen LogP contribution is -2.17. The molecular formula is C21H17N3O. The number of para-hydroxylation sites is 1. The van der Waals surface area contributed by atoms with E-state index in [0.29, 0.717) is 0 Å². The number of benzene rings is 3. The second kappa shape index (κ2) is 5.98. The van der Waals surface area contributed by atoms with Gasteiger partial charge in [0.15, 0.2) is 0 Å². The van der Waals surface area contributed by atoms with Crippen LogP contribution in [-0.2, 0) is 0 Å². The molecule has 1 heterocycles. The molecule has 0 saturated heterocycles. The number of nitrogens with two attached hydrogens (primary N) is 1. The Hall–Kier alpha value is -3.27. The third kappa shape index (κ3) is 2.72. The Morgan fingerprint density at radius 2 is 1.64 bits per heavy atom. The van der Waals surface area contributed by atoms with E-state index in [2.05, 4.69) is 47.2 Å². The third-order valence-corrected chi connectivity index (χ3v) is 4.54. The van der Waals surface area contributed by atoms with Crippen LogP contribution in [0.25, 0.3) is 21.7 Å². The molecule has 4 aromatic rings. The summed E-state index contributed by atoms with van der Waals surface area (Å²) in [5.41, 5.74) is 8.10. The predicted molar refractivity (Wildman–Crippen MR) is 99.5 cm³/mol. The molecule has 0 aliphatic rings. The van der Waals surface area contributed by atoms with Crippen LogP contribution in [0.1, 0.15) is 34.7 Å². The average molecular weight is 327 g/mol. The average Bonchev–Trinajstić information content (AvgIpc) is 2.66. The molecule has 2 N–H and O–H groups in total. The maximum absolute atomic E-state index is 11.6. The number of hydrogen-bond acceptors (Lipinski definition) is 3. The van der Waals surface area contributed by atoms with Crippen LogP contribution in [0.2, 0.25) is 0 Å². The molecule has 1 unspecified atom stereocenters. The van der Waals surface area contributed by atoms with Gasteiger partial charge in [0.05, 0.1) is 11.2 Å². The van der Waals surface area contributed by atoms with Crippen molar-refractivity contribution in [3.05, 3.63) is 83.8 Å². The van der Waals surface area contributed by atoms with E-state index in [1.807, 2.05) is 36.4 Å². The quantitative estimate of drug-likeness (QED) is 0.617. The van der Waals surface area contributed by atoms with Crippen LogP contribution in [0, 0.1) is 0 Å². The van der Waals surface area contributed by atoms with Gasteiger partial charge in [0.2, 0.25) is 5.82 Å². The van der Waals surface area contributed by atoms with Crippen molar-refractivity contribution in [3.8, 4) is 0 Å². The largest absolute Gasteiger partial charge is 0.363 e. The molecule has 1 aromatic heterocycles. The van der Waals surface area contributed by atoms with Crippen molar-refractivity contribution < 1.29 is 4.79 Å². The highest BCUT2D eigenvalue weighted by atomic mass is 16.1. The molecule has 25 heavy (non-hydrogen) atoms. The van der Waals surface area contributed by atoms with E-state index in [1.165, 1.54) is 10.8 Å². The minimum atomic E-state index is -0.613. The van der Waals surface area contributed by atoms with Crippen molar-refractivity contribution in [3.63, 3.8) is 0 Å². The van der Waals surface area contributed by atoms with E-state index < -0.39 is 5.91 Å². The fourth-order valence-corrected chi connectivity index (χ4v) is 3.18. The van der Waals surface area contributed by atoms with Gasteiger partial charge in [-0.3, -0.25) is 4.79 Å². The second-order valence-electron chi connectivity index (χ2n) is 6.14. The van der Waals surface area contributed by atoms with Crippen LogP contribution in [0.4, 0.5) is 0 Å². The van der Waals surface area contributed by atoms with Crippen molar-refractivity contribution in [2.75, 3.05) is 0 Å². The van der Waals surface area contributed by atoms with Gasteiger partial charge in [-0.25, -0.2) is 9.97 Å². The Morgan fingerprint density at radius 3 is 2.44 bits per heavy atom. The maximum atomic E-state index is 11.6. The van der Waals surface area contributed by atoms with Crippen molar-refractivity contribution >= 4 is 27.6 Å². The van der Waals surface area contributed by atoms with Gasteiger partial charge in [0, 0.05) is 11.3 Å². The fourth-order valence-electron chi connectivity index (χ4n) is 3.18. The van der Waals surface area contributed by atoms with Gasteiger partial charge in [-0.2, -0.15) is 0 Å². The number of primary amides is 1. The van der Waals surface area contributed by atoms with Crippen LogP contribution in [0.3, 0.4) is 0 Å². The first-order valence-electron chi connectivity index (χ1n) is 8.18. The number of hydrogen-bond donors (Lipinski definition) is 1. The zero-order chi connectivity index (χ0) is 17.4. The number of carbonyl (C=O) groups excluding carboxylic acids is 1. The molecule has 3 aromatic carbocycles. The Kier molecular flexibility index (Phi) is 3.65. The summed E-state index contributed by atoms with van der Waals surface area (Å²) in [5.74, 6) is -0.547. The molecule has 0 aliphatic heterocycles. The normalized spacial score (nSPS) is 12.4. The molecule has 4 nitrogen and oxygen atoms in total. The number of amides is 1. The Balaban J connectivity index is 1.90. The van der Waals surface area contributed by atoms with E-state index in [4.69, 9.17) is 5.73 Å². The van der Waals surface area contributed by atoms with Gasteiger partial charge in [0.25, 0.3) is 5.91 Å². The SMILES string of the molecule is CC(c1ccc2ccccc2c1)c1nc(C(N)=O)nc2ccccc12. The summed E-state index contributed by atoms with van der Waals surface area (Å²) >= 11 is 0. The lowest BCUT2D eigenvalue weighted by molar-refractivity contribution is 0.0990. The number of aromatic nitrogens is 2. The summed E-state index contributed by atoms with van der Waals surface area (Å²) in [5, 5.41) is 3.32. The monoisotopic (exact) mass is 327 g/mol. The molecule has 0 bridgehead atoms. The van der Waals surface area contributed by atoms with Crippen LogP contribution >= 0.6 is 0 Å². The molecule has 1 amide bonds. The lowest BCUT2D eigenvalue weighted by atomic mass is 9.93. The Bertz CT molecular complexity index is 1100. The lowest BCUT2D eigenvalue weighted by Gasteiger charge is -2.15. The molecule has 4 rings (SSSR count). The standard InChI is InChI=1S/C21H17N3O/c1-13(15-11-10-14-6-2-3-7-16(14)12-15)19-17-8-4-5-9-18(17)23-21(24-19)20(22)25/h2-13H,1H3,(H2,22,25).